The first-order valence-electron chi connectivity index (χ1n) is 4.23. The highest BCUT2D eigenvalue weighted by Gasteiger charge is 2.23. The van der Waals surface area contributed by atoms with Gasteiger partial charge in [-0.05, 0) is 13.8 Å². The molecule has 1 unspecified atom stereocenters. The van der Waals surface area contributed by atoms with E-state index in [1.807, 2.05) is 0 Å². The summed E-state index contributed by atoms with van der Waals surface area (Å²) in [4.78, 5) is 21.7. The quantitative estimate of drug-likeness (QED) is 0.624. The Morgan fingerprint density at radius 1 is 1.53 bits per heavy atom. The van der Waals surface area contributed by atoms with Crippen LogP contribution >= 0.6 is 0 Å². The molecule has 1 rings (SSSR count). The van der Waals surface area contributed by atoms with Crippen LogP contribution in [-0.2, 0) is 4.79 Å². The van der Waals surface area contributed by atoms with Crippen LogP contribution < -0.4 is 11.5 Å². The highest BCUT2D eigenvalue weighted by molar-refractivity contribution is 5.98. The Bertz CT molecular complexity index is 424. The van der Waals surface area contributed by atoms with Crippen molar-refractivity contribution >= 4 is 17.7 Å². The fourth-order valence-electron chi connectivity index (χ4n) is 1.27. The first-order valence-corrected chi connectivity index (χ1v) is 4.23. The summed E-state index contributed by atoms with van der Waals surface area (Å²) in [6.45, 7) is 2.96. The molecule has 1 aromatic heterocycles. The second-order valence-corrected chi connectivity index (χ2v) is 3.17. The van der Waals surface area contributed by atoms with E-state index >= 15 is 0 Å². The maximum absolute atomic E-state index is 11.0. The molecular formula is C8H12N4O3. The molecule has 0 saturated heterocycles. The average Bonchev–Trinajstić information content (AvgIpc) is 2.40. The summed E-state index contributed by atoms with van der Waals surface area (Å²) in [5.74, 6) is -1.82. The molecule has 0 fully saturated rings. The minimum absolute atomic E-state index is 0.0186. The fraction of sp³-hybridized carbons (Fsp3) is 0.375. The molecular weight excluding hydrogens is 200 g/mol. The lowest BCUT2D eigenvalue weighted by molar-refractivity contribution is -0.140. The number of aliphatic carboxylic acids is 1. The molecule has 7 nitrogen and oxygen atoms in total. The minimum atomic E-state index is -1.08. The lowest BCUT2D eigenvalue weighted by atomic mass is 10.2. The Balaban J connectivity index is 3.29. The van der Waals surface area contributed by atoms with E-state index in [0.717, 1.165) is 4.68 Å². The van der Waals surface area contributed by atoms with E-state index in [0.29, 0.717) is 5.69 Å². The number of nitrogens with zero attached hydrogens (tertiary/aromatic N) is 2. The summed E-state index contributed by atoms with van der Waals surface area (Å²) < 4.78 is 1.07. The summed E-state index contributed by atoms with van der Waals surface area (Å²) in [6.07, 6.45) is 0. The van der Waals surface area contributed by atoms with Gasteiger partial charge in [0.15, 0.2) is 0 Å². The van der Waals surface area contributed by atoms with Crippen LogP contribution in [0.3, 0.4) is 0 Å². The van der Waals surface area contributed by atoms with E-state index in [-0.39, 0.29) is 11.4 Å². The molecule has 0 aliphatic carbocycles. The second kappa shape index (κ2) is 3.60. The molecule has 1 atom stereocenters. The van der Waals surface area contributed by atoms with Crippen molar-refractivity contribution in [2.24, 2.45) is 5.73 Å². The fourth-order valence-corrected chi connectivity index (χ4v) is 1.27. The smallest absolute Gasteiger partial charge is 0.328 e. The summed E-state index contributed by atoms with van der Waals surface area (Å²) in [6, 6.07) is -0.934. The lowest BCUT2D eigenvalue weighted by Crippen LogP contribution is -2.20. The van der Waals surface area contributed by atoms with Gasteiger partial charge in [-0.2, -0.15) is 5.10 Å². The van der Waals surface area contributed by atoms with E-state index in [1.54, 1.807) is 6.92 Å². The third kappa shape index (κ3) is 1.76. The van der Waals surface area contributed by atoms with E-state index in [9.17, 15) is 9.59 Å². The average molecular weight is 212 g/mol. The Kier molecular flexibility index (Phi) is 2.65. The molecule has 0 spiro atoms. The number of aromatic nitrogens is 2. The summed E-state index contributed by atoms with van der Waals surface area (Å²) in [7, 11) is 0. The Morgan fingerprint density at radius 3 is 2.40 bits per heavy atom. The van der Waals surface area contributed by atoms with E-state index < -0.39 is 17.9 Å². The van der Waals surface area contributed by atoms with Crippen LogP contribution in [0, 0.1) is 6.92 Å². The van der Waals surface area contributed by atoms with Crippen molar-refractivity contribution < 1.29 is 14.7 Å². The van der Waals surface area contributed by atoms with Crippen LogP contribution in [0.15, 0.2) is 0 Å². The number of carbonyl (C=O) groups excluding carboxylic acids is 1. The molecule has 0 bridgehead atoms. The first-order chi connectivity index (χ1) is 6.86. The van der Waals surface area contributed by atoms with Gasteiger partial charge in [-0.1, -0.05) is 0 Å². The minimum Gasteiger partial charge on any atom is -0.480 e. The van der Waals surface area contributed by atoms with Crippen LogP contribution in [0.5, 0.6) is 0 Å². The van der Waals surface area contributed by atoms with Crippen molar-refractivity contribution in [1.29, 1.82) is 0 Å². The zero-order valence-corrected chi connectivity index (χ0v) is 8.39. The molecule has 7 heteroatoms. The number of carbonyl (C=O) groups is 2. The normalized spacial score (nSPS) is 12.4. The number of carboxylic acids is 1. The number of rotatable bonds is 3. The van der Waals surface area contributed by atoms with Crippen LogP contribution in [0.4, 0.5) is 5.82 Å². The third-order valence-corrected chi connectivity index (χ3v) is 2.09. The van der Waals surface area contributed by atoms with Gasteiger partial charge in [0.25, 0.3) is 5.91 Å². The van der Waals surface area contributed by atoms with Gasteiger partial charge in [-0.25, -0.2) is 9.48 Å². The Labute approximate surface area is 85.7 Å². The molecule has 1 amide bonds. The topological polar surface area (TPSA) is 124 Å². The van der Waals surface area contributed by atoms with Gasteiger partial charge in [0.05, 0.1) is 5.69 Å². The number of hydrogen-bond donors (Lipinski definition) is 3. The van der Waals surface area contributed by atoms with Crippen LogP contribution in [0.25, 0.3) is 0 Å². The van der Waals surface area contributed by atoms with Crippen molar-refractivity contribution in [3.63, 3.8) is 0 Å². The molecule has 0 radical (unpaired) electrons. The first kappa shape index (κ1) is 11.0. The van der Waals surface area contributed by atoms with Gasteiger partial charge < -0.3 is 16.6 Å². The number of hydrogen-bond acceptors (Lipinski definition) is 4. The molecule has 1 heterocycles. The van der Waals surface area contributed by atoms with E-state index in [4.69, 9.17) is 16.6 Å². The number of aryl methyl sites for hydroxylation is 1. The standard InChI is InChI=1S/C8H12N4O3/c1-3-5(7(10)13)6(9)12(11-3)4(2)8(14)15/h4H,9H2,1-2H3,(H2,10,13)(H,14,15). The monoisotopic (exact) mass is 212 g/mol. The second-order valence-electron chi connectivity index (χ2n) is 3.17. The van der Waals surface area contributed by atoms with Gasteiger partial charge in [-0.3, -0.25) is 4.79 Å². The highest BCUT2D eigenvalue weighted by atomic mass is 16.4. The highest BCUT2D eigenvalue weighted by Crippen LogP contribution is 2.19. The lowest BCUT2D eigenvalue weighted by Gasteiger charge is -2.08. The SMILES string of the molecule is Cc1nn(C(C)C(=O)O)c(N)c1C(N)=O. The van der Waals surface area contributed by atoms with Crippen molar-refractivity contribution in [3.05, 3.63) is 11.3 Å². The van der Waals surface area contributed by atoms with Gasteiger partial charge in [0.2, 0.25) is 0 Å². The predicted octanol–water partition coefficient (Wildman–Crippen LogP) is -0.482. The molecule has 0 aliphatic heterocycles. The molecule has 0 aliphatic rings. The van der Waals surface area contributed by atoms with Gasteiger partial charge in [0, 0.05) is 0 Å². The maximum Gasteiger partial charge on any atom is 0.328 e. The molecule has 0 saturated carbocycles. The molecule has 1 aromatic rings. The maximum atomic E-state index is 11.0. The van der Waals surface area contributed by atoms with Gasteiger partial charge >= 0.3 is 5.97 Å². The largest absolute Gasteiger partial charge is 0.480 e. The number of nitrogen functional groups attached to an aromatic ring is 1. The van der Waals surface area contributed by atoms with Crippen molar-refractivity contribution in [1.82, 2.24) is 9.78 Å². The van der Waals surface area contributed by atoms with Crippen LogP contribution in [0.2, 0.25) is 0 Å². The Hall–Kier alpha value is -2.05. The molecule has 82 valence electrons. The van der Waals surface area contributed by atoms with Crippen LogP contribution in [-0.4, -0.2) is 26.8 Å². The van der Waals surface area contributed by atoms with Crippen molar-refractivity contribution in [2.75, 3.05) is 5.73 Å². The summed E-state index contributed by atoms with van der Waals surface area (Å²) in [5.41, 5.74) is 11.1. The van der Waals surface area contributed by atoms with Gasteiger partial charge in [0.1, 0.15) is 17.4 Å². The van der Waals surface area contributed by atoms with E-state index in [2.05, 4.69) is 5.10 Å². The number of amides is 1. The zero-order chi connectivity index (χ0) is 11.7. The van der Waals surface area contributed by atoms with Crippen LogP contribution in [0.1, 0.15) is 29.0 Å². The summed E-state index contributed by atoms with van der Waals surface area (Å²) >= 11 is 0. The van der Waals surface area contributed by atoms with E-state index in [1.165, 1.54) is 6.92 Å². The molecule has 0 aromatic carbocycles. The number of nitrogens with two attached hydrogens (primary N) is 2. The Morgan fingerprint density at radius 2 is 2.07 bits per heavy atom. The third-order valence-electron chi connectivity index (χ3n) is 2.09. The molecule has 5 N–H and O–H groups in total. The predicted molar refractivity (Wildman–Crippen MR) is 52.2 cm³/mol. The number of primary amides is 1. The van der Waals surface area contributed by atoms with Gasteiger partial charge in [-0.15, -0.1) is 0 Å². The number of anilines is 1. The zero-order valence-electron chi connectivity index (χ0n) is 8.39. The number of carboxylic acid groups (broad SMARTS) is 1. The molecule has 15 heavy (non-hydrogen) atoms. The van der Waals surface area contributed by atoms with Crippen molar-refractivity contribution in [2.45, 2.75) is 19.9 Å². The summed E-state index contributed by atoms with van der Waals surface area (Å²) in [5, 5.41) is 12.6. The van der Waals surface area contributed by atoms with Crippen molar-refractivity contribution in [3.8, 4) is 0 Å².